The molecule has 3 rings (SSSR count). The number of amides is 1. The number of piperidine rings is 1. The van der Waals surface area contributed by atoms with Gasteiger partial charge in [-0.1, -0.05) is 44.4 Å². The Labute approximate surface area is 169 Å². The smallest absolute Gasteiger partial charge is 0.245 e. The molecule has 1 heterocycles. The second-order valence-corrected chi connectivity index (χ2v) is 8.53. The van der Waals surface area contributed by atoms with Gasteiger partial charge >= 0.3 is 0 Å². The zero-order chi connectivity index (χ0) is 19.4. The molecule has 0 atom stereocenters. The number of hydrogen-bond acceptors (Lipinski definition) is 3. The number of hydrogen-bond donors (Lipinski definition) is 1. The summed E-state index contributed by atoms with van der Waals surface area (Å²) in [6.07, 6.45) is 7.17. The second kappa shape index (κ2) is 8.93. The average molecular weight is 392 g/mol. The molecular weight excluding hydrogens is 358 g/mol. The number of rotatable bonds is 6. The van der Waals surface area contributed by atoms with Crippen LogP contribution in [-0.4, -0.2) is 53.5 Å². The number of likely N-dealkylation sites (N-methyl/N-ethyl adjacent to an activating group) is 1. The van der Waals surface area contributed by atoms with Crippen molar-refractivity contribution in [1.82, 2.24) is 9.80 Å². The quantitative estimate of drug-likeness (QED) is 0.762. The second-order valence-electron chi connectivity index (χ2n) is 8.09. The molecule has 27 heavy (non-hydrogen) atoms. The first-order chi connectivity index (χ1) is 13.0. The summed E-state index contributed by atoms with van der Waals surface area (Å²) >= 11 is 6.16. The predicted octanol–water partition coefficient (Wildman–Crippen LogP) is 4.71. The van der Waals surface area contributed by atoms with Crippen molar-refractivity contribution in [2.24, 2.45) is 0 Å². The van der Waals surface area contributed by atoms with Crippen LogP contribution in [0.3, 0.4) is 0 Å². The Kier molecular flexibility index (Phi) is 6.83. The van der Waals surface area contributed by atoms with Crippen LogP contribution in [0.5, 0.6) is 0 Å². The number of likely N-dealkylation sites (tertiary alicyclic amines) is 1. The lowest BCUT2D eigenvalue weighted by Gasteiger charge is -2.48. The molecule has 1 saturated carbocycles. The molecule has 0 unspecified atom stereocenters. The summed E-state index contributed by atoms with van der Waals surface area (Å²) in [5.41, 5.74) is 1.45. The van der Waals surface area contributed by atoms with Crippen molar-refractivity contribution in [2.45, 2.75) is 70.9 Å². The van der Waals surface area contributed by atoms with Crippen LogP contribution in [0.1, 0.15) is 57.9 Å². The Hall–Kier alpha value is -1.10. The van der Waals surface area contributed by atoms with Gasteiger partial charge in [-0.25, -0.2) is 0 Å². The van der Waals surface area contributed by atoms with Gasteiger partial charge in [-0.2, -0.15) is 0 Å². The number of carbonyl (C=O) groups excluding carboxylic acids is 1. The monoisotopic (exact) mass is 391 g/mol. The van der Waals surface area contributed by atoms with Crippen LogP contribution in [0, 0.1) is 6.92 Å². The van der Waals surface area contributed by atoms with Crippen molar-refractivity contribution in [3.05, 3.63) is 28.8 Å². The molecule has 1 aliphatic carbocycles. The fourth-order valence-electron chi connectivity index (χ4n) is 5.01. The minimum absolute atomic E-state index is 0.127. The molecule has 5 heteroatoms. The Morgan fingerprint density at radius 1 is 1.22 bits per heavy atom. The van der Waals surface area contributed by atoms with E-state index < -0.39 is 5.54 Å². The van der Waals surface area contributed by atoms with Crippen LogP contribution < -0.4 is 5.32 Å². The molecule has 1 saturated heterocycles. The maximum absolute atomic E-state index is 13.5. The molecule has 150 valence electrons. The van der Waals surface area contributed by atoms with Crippen molar-refractivity contribution < 1.29 is 4.79 Å². The average Bonchev–Trinajstić information content (AvgIpc) is 3.21. The number of aryl methyl sites for hydroxylation is 1. The summed E-state index contributed by atoms with van der Waals surface area (Å²) in [6, 6.07) is 6.42. The highest BCUT2D eigenvalue weighted by Crippen LogP contribution is 2.34. The summed E-state index contributed by atoms with van der Waals surface area (Å²) in [7, 11) is 0. The van der Waals surface area contributed by atoms with Gasteiger partial charge in [-0.15, -0.1) is 0 Å². The SMILES string of the molecule is CCN(CC)C1(C(=O)Nc2cc(Cl)ccc2C)CCN(C2CCCC2)CC1. The summed E-state index contributed by atoms with van der Waals surface area (Å²) in [5, 5.41) is 3.87. The summed E-state index contributed by atoms with van der Waals surface area (Å²) in [4.78, 5) is 18.5. The molecule has 1 amide bonds. The molecule has 1 aromatic rings. The standard InChI is InChI=1S/C22H34ClN3O/c1-4-26(5-2)22(12-14-25(15-13-22)19-8-6-7-9-19)21(27)24-20-16-18(23)11-10-17(20)3/h10-11,16,19H,4-9,12-15H2,1-3H3,(H,24,27). The van der Waals surface area contributed by atoms with Crippen LogP contribution >= 0.6 is 11.6 Å². The molecular formula is C22H34ClN3O. The van der Waals surface area contributed by atoms with Gasteiger partial charge in [0.2, 0.25) is 5.91 Å². The molecule has 2 aliphatic rings. The van der Waals surface area contributed by atoms with Crippen molar-refractivity contribution in [1.29, 1.82) is 0 Å². The van der Waals surface area contributed by atoms with E-state index in [4.69, 9.17) is 11.6 Å². The Bertz CT molecular complexity index is 645. The summed E-state index contributed by atoms with van der Waals surface area (Å²) < 4.78 is 0. The van der Waals surface area contributed by atoms with Crippen molar-refractivity contribution in [2.75, 3.05) is 31.5 Å². The van der Waals surface area contributed by atoms with Crippen LogP contribution in [0.4, 0.5) is 5.69 Å². The minimum Gasteiger partial charge on any atom is -0.324 e. The molecule has 0 aromatic heterocycles. The maximum Gasteiger partial charge on any atom is 0.245 e. The molecule has 0 radical (unpaired) electrons. The molecule has 1 N–H and O–H groups in total. The molecule has 1 aromatic carbocycles. The van der Waals surface area contributed by atoms with Crippen molar-refractivity contribution in [3.8, 4) is 0 Å². The molecule has 0 bridgehead atoms. The van der Waals surface area contributed by atoms with Gasteiger partial charge in [-0.3, -0.25) is 9.69 Å². The van der Waals surface area contributed by atoms with E-state index >= 15 is 0 Å². The van der Waals surface area contributed by atoms with Gasteiger partial charge in [0, 0.05) is 29.8 Å². The van der Waals surface area contributed by atoms with E-state index in [1.807, 2.05) is 25.1 Å². The largest absolute Gasteiger partial charge is 0.324 e. The topological polar surface area (TPSA) is 35.6 Å². The van der Waals surface area contributed by atoms with E-state index in [1.165, 1.54) is 25.7 Å². The zero-order valence-electron chi connectivity index (χ0n) is 17.1. The third-order valence-corrected chi connectivity index (χ3v) is 6.94. The Balaban J connectivity index is 1.78. The van der Waals surface area contributed by atoms with Crippen LogP contribution in [0.2, 0.25) is 5.02 Å². The van der Waals surface area contributed by atoms with E-state index in [2.05, 4.69) is 29.0 Å². The van der Waals surface area contributed by atoms with Crippen molar-refractivity contribution >= 4 is 23.2 Å². The van der Waals surface area contributed by atoms with Gasteiger partial charge < -0.3 is 10.2 Å². The van der Waals surface area contributed by atoms with Gasteiger partial charge in [0.05, 0.1) is 0 Å². The normalized spacial score (nSPS) is 20.9. The third kappa shape index (κ3) is 4.33. The van der Waals surface area contributed by atoms with E-state index in [-0.39, 0.29) is 5.91 Å². The zero-order valence-corrected chi connectivity index (χ0v) is 17.8. The Morgan fingerprint density at radius 2 is 1.85 bits per heavy atom. The van der Waals surface area contributed by atoms with Gasteiger partial charge in [-0.05, 0) is 63.4 Å². The Morgan fingerprint density at radius 3 is 2.44 bits per heavy atom. The lowest BCUT2D eigenvalue weighted by atomic mass is 9.83. The molecule has 0 spiro atoms. The first kappa shape index (κ1) is 20.6. The number of carbonyl (C=O) groups is 1. The van der Waals surface area contributed by atoms with E-state index in [9.17, 15) is 4.79 Å². The number of halogens is 1. The fourth-order valence-corrected chi connectivity index (χ4v) is 5.18. The summed E-state index contributed by atoms with van der Waals surface area (Å²) in [5.74, 6) is 0.127. The van der Waals surface area contributed by atoms with E-state index in [1.54, 1.807) is 0 Å². The van der Waals surface area contributed by atoms with Crippen LogP contribution in [-0.2, 0) is 4.79 Å². The maximum atomic E-state index is 13.5. The number of benzene rings is 1. The number of nitrogens with one attached hydrogen (secondary N) is 1. The van der Waals surface area contributed by atoms with E-state index in [0.717, 1.165) is 56.3 Å². The first-order valence-corrected chi connectivity index (χ1v) is 10.9. The van der Waals surface area contributed by atoms with Crippen LogP contribution in [0.25, 0.3) is 0 Å². The highest BCUT2D eigenvalue weighted by Gasteiger charge is 2.46. The lowest BCUT2D eigenvalue weighted by Crippen LogP contribution is -2.62. The third-order valence-electron chi connectivity index (χ3n) is 6.71. The minimum atomic E-state index is -0.423. The van der Waals surface area contributed by atoms with Gasteiger partial charge in [0.1, 0.15) is 5.54 Å². The lowest BCUT2D eigenvalue weighted by molar-refractivity contribution is -0.132. The molecule has 1 aliphatic heterocycles. The number of nitrogens with zero attached hydrogens (tertiary/aromatic N) is 2. The van der Waals surface area contributed by atoms with Crippen molar-refractivity contribution in [3.63, 3.8) is 0 Å². The van der Waals surface area contributed by atoms with Crippen LogP contribution in [0.15, 0.2) is 18.2 Å². The highest BCUT2D eigenvalue weighted by molar-refractivity contribution is 6.31. The number of anilines is 1. The van der Waals surface area contributed by atoms with Gasteiger partial charge in [0.15, 0.2) is 0 Å². The molecule has 4 nitrogen and oxygen atoms in total. The van der Waals surface area contributed by atoms with E-state index in [0.29, 0.717) is 5.02 Å². The molecule has 2 fully saturated rings. The summed E-state index contributed by atoms with van der Waals surface area (Å²) in [6.45, 7) is 10.1. The first-order valence-electron chi connectivity index (χ1n) is 10.6. The highest BCUT2D eigenvalue weighted by atomic mass is 35.5. The fraction of sp³-hybridized carbons (Fsp3) is 0.682. The van der Waals surface area contributed by atoms with Gasteiger partial charge in [0.25, 0.3) is 0 Å². The predicted molar refractivity (Wildman–Crippen MR) is 114 cm³/mol.